The molecule has 1 aromatic rings. The average Bonchev–Trinajstić information content (AvgIpc) is 2.74. The molecule has 2 unspecified atom stereocenters. The first kappa shape index (κ1) is 22.5. The van der Waals surface area contributed by atoms with Crippen LogP contribution in [0.2, 0.25) is 5.02 Å². The molecule has 1 heterocycles. The molecule has 0 fully saturated rings. The van der Waals surface area contributed by atoms with Gasteiger partial charge in [0.2, 0.25) is 0 Å². The Bertz CT molecular complexity index is 1070. The van der Waals surface area contributed by atoms with Crippen molar-refractivity contribution in [2.75, 3.05) is 27.2 Å². The molecular weight excluding hydrogens is 414 g/mol. The lowest BCUT2D eigenvalue weighted by atomic mass is 9.58. The average molecular weight is 438 g/mol. The number of hydrogen-bond acceptors (Lipinski definition) is 7. The third-order valence-electron chi connectivity index (χ3n) is 5.81. The van der Waals surface area contributed by atoms with Crippen molar-refractivity contribution in [3.05, 3.63) is 45.6 Å². The Labute approximate surface area is 187 Å². The van der Waals surface area contributed by atoms with Gasteiger partial charge in [-0.25, -0.2) is 0 Å². The summed E-state index contributed by atoms with van der Waals surface area (Å²) in [5.74, 6) is -0.133. The van der Waals surface area contributed by atoms with Gasteiger partial charge < -0.3 is 20.1 Å². The summed E-state index contributed by atoms with van der Waals surface area (Å²) < 4.78 is 11.3. The highest BCUT2D eigenvalue weighted by Crippen LogP contribution is 2.55. The van der Waals surface area contributed by atoms with E-state index in [0.717, 1.165) is 5.57 Å². The van der Waals surface area contributed by atoms with Crippen LogP contribution >= 0.6 is 11.6 Å². The number of hydrogen-bond donors (Lipinski definition) is 1. The molecular formula is C23H24ClN5O2. The SMILES string of the molecule is COc1cc(C2C3CN(C)CC=C3C(C#N)=C(N)C2(C#N)C#N)cc(Cl)c1OC(C)C. The molecule has 1 aliphatic heterocycles. The van der Waals surface area contributed by atoms with E-state index in [1.807, 2.05) is 27.0 Å². The lowest BCUT2D eigenvalue weighted by Crippen LogP contribution is -2.47. The van der Waals surface area contributed by atoms with Crippen molar-refractivity contribution in [3.8, 4) is 29.7 Å². The summed E-state index contributed by atoms with van der Waals surface area (Å²) in [6, 6.07) is 9.82. The molecule has 160 valence electrons. The summed E-state index contributed by atoms with van der Waals surface area (Å²) in [4.78, 5) is 2.08. The number of nitrogens with two attached hydrogens (primary N) is 1. The van der Waals surface area contributed by atoms with Crippen molar-refractivity contribution in [2.45, 2.75) is 25.9 Å². The predicted molar refractivity (Wildman–Crippen MR) is 116 cm³/mol. The second-order valence-electron chi connectivity index (χ2n) is 8.10. The van der Waals surface area contributed by atoms with Crippen molar-refractivity contribution < 1.29 is 9.47 Å². The van der Waals surface area contributed by atoms with Gasteiger partial charge in [-0.05, 0) is 44.2 Å². The largest absolute Gasteiger partial charge is 0.493 e. The quantitative estimate of drug-likeness (QED) is 0.765. The molecule has 0 aromatic heterocycles. The van der Waals surface area contributed by atoms with E-state index in [1.165, 1.54) is 7.11 Å². The molecule has 2 atom stereocenters. The van der Waals surface area contributed by atoms with E-state index >= 15 is 0 Å². The van der Waals surface area contributed by atoms with Gasteiger partial charge in [-0.15, -0.1) is 0 Å². The van der Waals surface area contributed by atoms with Crippen LogP contribution in [0.25, 0.3) is 0 Å². The minimum atomic E-state index is -1.72. The van der Waals surface area contributed by atoms with Gasteiger partial charge in [-0.2, -0.15) is 15.8 Å². The summed E-state index contributed by atoms with van der Waals surface area (Å²) in [5.41, 5.74) is 6.21. The maximum Gasteiger partial charge on any atom is 0.191 e. The molecule has 31 heavy (non-hydrogen) atoms. The monoisotopic (exact) mass is 437 g/mol. The zero-order chi connectivity index (χ0) is 22.9. The minimum absolute atomic E-state index is 0.0188. The van der Waals surface area contributed by atoms with Crippen LogP contribution in [-0.4, -0.2) is 38.3 Å². The van der Waals surface area contributed by atoms with Gasteiger partial charge in [0.05, 0.1) is 41.6 Å². The Morgan fingerprint density at radius 3 is 2.48 bits per heavy atom. The molecule has 0 spiro atoms. The van der Waals surface area contributed by atoms with Gasteiger partial charge in [0.25, 0.3) is 0 Å². The maximum atomic E-state index is 10.2. The highest BCUT2D eigenvalue weighted by molar-refractivity contribution is 6.32. The van der Waals surface area contributed by atoms with Gasteiger partial charge in [0.15, 0.2) is 16.9 Å². The predicted octanol–water partition coefficient (Wildman–Crippen LogP) is 3.49. The van der Waals surface area contributed by atoms with Crippen LogP contribution in [0.15, 0.2) is 35.1 Å². The van der Waals surface area contributed by atoms with Crippen molar-refractivity contribution in [3.63, 3.8) is 0 Å². The summed E-state index contributed by atoms with van der Waals surface area (Å²) in [6.45, 7) is 4.97. The maximum absolute atomic E-state index is 10.2. The molecule has 0 radical (unpaired) electrons. The molecule has 0 amide bonds. The van der Waals surface area contributed by atoms with E-state index in [9.17, 15) is 15.8 Å². The zero-order valence-corrected chi connectivity index (χ0v) is 18.7. The first-order chi connectivity index (χ1) is 14.7. The van der Waals surface area contributed by atoms with Crippen molar-refractivity contribution >= 4 is 11.6 Å². The van der Waals surface area contributed by atoms with Gasteiger partial charge >= 0.3 is 0 Å². The molecule has 2 N–H and O–H groups in total. The second-order valence-corrected chi connectivity index (χ2v) is 8.50. The van der Waals surface area contributed by atoms with Crippen LogP contribution in [0.3, 0.4) is 0 Å². The third-order valence-corrected chi connectivity index (χ3v) is 6.09. The Morgan fingerprint density at radius 2 is 1.94 bits per heavy atom. The Balaban J connectivity index is 2.31. The van der Waals surface area contributed by atoms with E-state index in [0.29, 0.717) is 35.2 Å². The fourth-order valence-corrected chi connectivity index (χ4v) is 4.73. The number of nitriles is 3. The molecule has 8 heteroatoms. The summed E-state index contributed by atoms with van der Waals surface area (Å²) in [5, 5.41) is 30.4. The first-order valence-corrected chi connectivity index (χ1v) is 10.3. The summed E-state index contributed by atoms with van der Waals surface area (Å²) in [7, 11) is 3.46. The van der Waals surface area contributed by atoms with Crippen molar-refractivity contribution in [2.24, 2.45) is 17.1 Å². The van der Waals surface area contributed by atoms with Crippen LogP contribution < -0.4 is 15.2 Å². The summed E-state index contributed by atoms with van der Waals surface area (Å²) in [6.07, 6.45) is 1.82. The van der Waals surface area contributed by atoms with Crippen LogP contribution in [0.5, 0.6) is 11.5 Å². The molecule has 0 saturated carbocycles. The van der Waals surface area contributed by atoms with Gasteiger partial charge in [-0.1, -0.05) is 17.7 Å². The number of methoxy groups -OCH3 is 1. The smallest absolute Gasteiger partial charge is 0.191 e. The van der Waals surface area contributed by atoms with Gasteiger partial charge in [0.1, 0.15) is 6.07 Å². The Morgan fingerprint density at radius 1 is 1.26 bits per heavy atom. The highest BCUT2D eigenvalue weighted by Gasteiger charge is 2.54. The molecule has 3 rings (SSSR count). The number of nitrogens with zero attached hydrogens (tertiary/aromatic N) is 4. The van der Waals surface area contributed by atoms with Crippen LogP contribution in [0.4, 0.5) is 0 Å². The van der Waals surface area contributed by atoms with Gasteiger partial charge in [0, 0.05) is 24.9 Å². The fourth-order valence-electron chi connectivity index (χ4n) is 4.47. The zero-order valence-electron chi connectivity index (χ0n) is 17.9. The lowest BCUT2D eigenvalue weighted by molar-refractivity contribution is 0.227. The fraction of sp³-hybridized carbons (Fsp3) is 0.435. The number of fused-ring (bicyclic) bond motifs is 1. The number of ether oxygens (including phenoxy) is 2. The van der Waals surface area contributed by atoms with E-state index in [1.54, 1.807) is 12.1 Å². The Kier molecular flexibility index (Phi) is 6.18. The number of allylic oxidation sites excluding steroid dienone is 2. The van der Waals surface area contributed by atoms with E-state index in [4.69, 9.17) is 26.8 Å². The number of rotatable bonds is 4. The standard InChI is InChI=1S/C23H24ClN5O2/c1-13(2)31-21-18(24)7-14(8-19(21)30-4)20-17-10-29(3)6-5-15(17)16(9-25)22(28)23(20,11-26)12-27/h5,7-8,13,17,20H,6,10,28H2,1-4H3. The van der Waals surface area contributed by atoms with Crippen molar-refractivity contribution in [1.82, 2.24) is 4.90 Å². The lowest BCUT2D eigenvalue weighted by Gasteiger charge is -2.45. The van der Waals surface area contributed by atoms with E-state index in [2.05, 4.69) is 23.1 Å². The van der Waals surface area contributed by atoms with Crippen LogP contribution in [0.1, 0.15) is 25.3 Å². The van der Waals surface area contributed by atoms with E-state index in [-0.39, 0.29) is 23.3 Å². The number of halogens is 1. The third kappa shape index (κ3) is 3.59. The first-order valence-electron chi connectivity index (χ1n) is 9.89. The second kappa shape index (κ2) is 8.52. The van der Waals surface area contributed by atoms with Crippen LogP contribution in [0, 0.1) is 45.3 Å². The molecule has 0 bridgehead atoms. The molecule has 1 aromatic carbocycles. The normalized spacial score (nSPS) is 22.6. The highest BCUT2D eigenvalue weighted by atomic mass is 35.5. The molecule has 0 saturated heterocycles. The topological polar surface area (TPSA) is 119 Å². The Hall–Kier alpha value is -3.18. The van der Waals surface area contributed by atoms with E-state index < -0.39 is 11.3 Å². The van der Waals surface area contributed by atoms with Crippen molar-refractivity contribution in [1.29, 1.82) is 15.8 Å². The molecule has 2 aliphatic rings. The number of benzene rings is 1. The minimum Gasteiger partial charge on any atom is -0.493 e. The van der Waals surface area contributed by atoms with Crippen LogP contribution in [-0.2, 0) is 0 Å². The summed E-state index contributed by atoms with van der Waals surface area (Å²) >= 11 is 6.56. The van der Waals surface area contributed by atoms with Gasteiger partial charge in [-0.3, -0.25) is 0 Å². The molecule has 7 nitrogen and oxygen atoms in total. The molecule has 1 aliphatic carbocycles. The number of likely N-dealkylation sites (N-methyl/N-ethyl adjacent to an activating group) is 1.